The van der Waals surface area contributed by atoms with E-state index in [2.05, 4.69) is 26.2 Å². The van der Waals surface area contributed by atoms with E-state index in [0.717, 1.165) is 41.4 Å². The molecule has 1 aliphatic rings. The first kappa shape index (κ1) is 14.1. The van der Waals surface area contributed by atoms with E-state index in [-0.39, 0.29) is 17.0 Å². The van der Waals surface area contributed by atoms with Gasteiger partial charge in [-0.2, -0.15) is 0 Å². The van der Waals surface area contributed by atoms with Crippen molar-refractivity contribution in [1.29, 1.82) is 0 Å². The molecule has 0 bridgehead atoms. The number of benzene rings is 1. The van der Waals surface area contributed by atoms with Crippen LogP contribution in [-0.2, 0) is 12.8 Å². The molecule has 2 N–H and O–H groups in total. The van der Waals surface area contributed by atoms with Crippen molar-refractivity contribution in [2.75, 3.05) is 5.32 Å². The first-order chi connectivity index (χ1) is 10.1. The van der Waals surface area contributed by atoms with Crippen molar-refractivity contribution in [1.82, 2.24) is 4.98 Å². The van der Waals surface area contributed by atoms with Crippen molar-refractivity contribution >= 4 is 27.5 Å². The van der Waals surface area contributed by atoms with Crippen LogP contribution in [0.3, 0.4) is 0 Å². The van der Waals surface area contributed by atoms with E-state index in [0.29, 0.717) is 5.69 Å². The lowest BCUT2D eigenvalue weighted by atomic mass is 9.95. The predicted molar refractivity (Wildman–Crippen MR) is 85.8 cm³/mol. The number of anilines is 1. The molecule has 4 nitrogen and oxygen atoms in total. The molecule has 0 saturated heterocycles. The molecule has 0 fully saturated rings. The minimum Gasteiger partial charge on any atom is -0.325 e. The van der Waals surface area contributed by atoms with Gasteiger partial charge in [0.1, 0.15) is 5.56 Å². The average Bonchev–Trinajstić information content (AvgIpc) is 2.49. The van der Waals surface area contributed by atoms with Crippen LogP contribution < -0.4 is 10.9 Å². The molecule has 2 aromatic rings. The Hall–Kier alpha value is -1.88. The second-order valence-electron chi connectivity index (χ2n) is 5.16. The van der Waals surface area contributed by atoms with Gasteiger partial charge in [0.05, 0.1) is 5.69 Å². The minimum absolute atomic E-state index is 0.173. The molecular weight excluding hydrogens is 332 g/mol. The van der Waals surface area contributed by atoms with E-state index in [1.54, 1.807) is 12.1 Å². The van der Waals surface area contributed by atoms with Crippen LogP contribution >= 0.6 is 15.9 Å². The summed E-state index contributed by atoms with van der Waals surface area (Å²) in [6, 6.07) is 9.06. The summed E-state index contributed by atoms with van der Waals surface area (Å²) in [5, 5.41) is 2.77. The Morgan fingerprint density at radius 1 is 1.19 bits per heavy atom. The van der Waals surface area contributed by atoms with Crippen LogP contribution in [0.1, 0.15) is 34.5 Å². The second-order valence-corrected chi connectivity index (χ2v) is 6.01. The number of aromatic nitrogens is 1. The summed E-state index contributed by atoms with van der Waals surface area (Å²) in [7, 11) is 0. The van der Waals surface area contributed by atoms with Crippen molar-refractivity contribution in [3.8, 4) is 0 Å². The molecule has 108 valence electrons. The van der Waals surface area contributed by atoms with Gasteiger partial charge in [0.2, 0.25) is 0 Å². The van der Waals surface area contributed by atoms with Crippen LogP contribution in [-0.4, -0.2) is 10.9 Å². The fourth-order valence-electron chi connectivity index (χ4n) is 2.60. The van der Waals surface area contributed by atoms with Gasteiger partial charge >= 0.3 is 0 Å². The van der Waals surface area contributed by atoms with Gasteiger partial charge in [0.25, 0.3) is 11.5 Å². The standard InChI is InChI=1S/C16H15BrN2O2/c17-12-6-2-4-8-14(12)19-16(21)11-9-10-5-1-3-7-13(10)18-15(11)20/h2,4,6,8-9H,1,3,5,7H2,(H,18,20)(H,19,21). The zero-order valence-corrected chi connectivity index (χ0v) is 13.0. The Bertz CT molecular complexity index is 752. The molecule has 0 radical (unpaired) electrons. The number of rotatable bonds is 2. The molecule has 1 aliphatic carbocycles. The number of carbonyl (C=O) groups excluding carboxylic acids is 1. The summed E-state index contributed by atoms with van der Waals surface area (Å²) in [6.07, 6.45) is 3.99. The molecule has 1 heterocycles. The molecule has 0 saturated carbocycles. The molecule has 0 unspecified atom stereocenters. The third-order valence-corrected chi connectivity index (χ3v) is 4.40. The van der Waals surface area contributed by atoms with Crippen molar-refractivity contribution in [3.05, 3.63) is 62.0 Å². The van der Waals surface area contributed by atoms with E-state index in [1.807, 2.05) is 18.2 Å². The highest BCUT2D eigenvalue weighted by atomic mass is 79.9. The number of carbonyl (C=O) groups is 1. The number of amides is 1. The smallest absolute Gasteiger partial charge is 0.261 e. The lowest BCUT2D eigenvalue weighted by Gasteiger charge is -2.16. The SMILES string of the molecule is O=C(Nc1ccccc1Br)c1cc2c([nH]c1=O)CCCC2. The van der Waals surface area contributed by atoms with Crippen LogP contribution in [0.2, 0.25) is 0 Å². The summed E-state index contributed by atoms with van der Waals surface area (Å²) < 4.78 is 0.785. The minimum atomic E-state index is -0.378. The molecule has 1 amide bonds. The maximum Gasteiger partial charge on any atom is 0.261 e. The van der Waals surface area contributed by atoms with E-state index in [1.165, 1.54) is 0 Å². The number of hydrogen-bond acceptors (Lipinski definition) is 2. The number of H-pyrrole nitrogens is 1. The predicted octanol–water partition coefficient (Wildman–Crippen LogP) is 3.27. The van der Waals surface area contributed by atoms with Gasteiger partial charge in [-0.1, -0.05) is 12.1 Å². The van der Waals surface area contributed by atoms with Crippen LogP contribution in [0, 0.1) is 0 Å². The third-order valence-electron chi connectivity index (χ3n) is 3.70. The number of para-hydroxylation sites is 1. The summed E-state index contributed by atoms with van der Waals surface area (Å²) in [5.41, 5.74) is 2.56. The Morgan fingerprint density at radius 3 is 2.76 bits per heavy atom. The van der Waals surface area contributed by atoms with Gasteiger partial charge in [-0.3, -0.25) is 9.59 Å². The Labute approximate surface area is 130 Å². The fraction of sp³-hybridized carbons (Fsp3) is 0.250. The maximum absolute atomic E-state index is 12.3. The largest absolute Gasteiger partial charge is 0.325 e. The van der Waals surface area contributed by atoms with Gasteiger partial charge in [-0.25, -0.2) is 0 Å². The lowest BCUT2D eigenvalue weighted by Crippen LogP contribution is -2.26. The highest BCUT2D eigenvalue weighted by molar-refractivity contribution is 9.10. The number of nitrogens with one attached hydrogen (secondary N) is 2. The molecular formula is C16H15BrN2O2. The Kier molecular flexibility index (Phi) is 3.92. The molecule has 21 heavy (non-hydrogen) atoms. The van der Waals surface area contributed by atoms with Gasteiger partial charge in [-0.15, -0.1) is 0 Å². The van der Waals surface area contributed by atoms with Crippen molar-refractivity contribution in [3.63, 3.8) is 0 Å². The number of fused-ring (bicyclic) bond motifs is 1. The van der Waals surface area contributed by atoms with Crippen LogP contribution in [0.4, 0.5) is 5.69 Å². The fourth-order valence-corrected chi connectivity index (χ4v) is 2.98. The van der Waals surface area contributed by atoms with Crippen molar-refractivity contribution in [2.24, 2.45) is 0 Å². The molecule has 1 aromatic carbocycles. The second kappa shape index (κ2) is 5.85. The molecule has 3 rings (SSSR count). The van der Waals surface area contributed by atoms with Crippen LogP contribution in [0.5, 0.6) is 0 Å². The first-order valence-electron chi connectivity index (χ1n) is 6.96. The van der Waals surface area contributed by atoms with Gasteiger partial charge < -0.3 is 10.3 Å². The van der Waals surface area contributed by atoms with Gasteiger partial charge in [-0.05, 0) is 65.4 Å². The number of aromatic amines is 1. The molecule has 0 aliphatic heterocycles. The highest BCUT2D eigenvalue weighted by Crippen LogP contribution is 2.22. The summed E-state index contributed by atoms with van der Waals surface area (Å²) in [6.45, 7) is 0. The zero-order chi connectivity index (χ0) is 14.8. The number of pyridine rings is 1. The number of aryl methyl sites for hydroxylation is 2. The van der Waals surface area contributed by atoms with E-state index in [4.69, 9.17) is 0 Å². The monoisotopic (exact) mass is 346 g/mol. The van der Waals surface area contributed by atoms with Crippen molar-refractivity contribution in [2.45, 2.75) is 25.7 Å². The highest BCUT2D eigenvalue weighted by Gasteiger charge is 2.17. The molecule has 0 spiro atoms. The average molecular weight is 347 g/mol. The molecule has 0 atom stereocenters. The van der Waals surface area contributed by atoms with E-state index >= 15 is 0 Å². The third kappa shape index (κ3) is 2.93. The van der Waals surface area contributed by atoms with Crippen LogP contribution in [0.15, 0.2) is 39.6 Å². The first-order valence-corrected chi connectivity index (χ1v) is 7.75. The maximum atomic E-state index is 12.3. The van der Waals surface area contributed by atoms with Gasteiger partial charge in [0, 0.05) is 10.2 Å². The topological polar surface area (TPSA) is 62.0 Å². The molecule has 1 aromatic heterocycles. The normalized spacial score (nSPS) is 13.6. The summed E-state index contributed by atoms with van der Waals surface area (Å²) >= 11 is 3.38. The van der Waals surface area contributed by atoms with Crippen molar-refractivity contribution < 1.29 is 4.79 Å². The zero-order valence-electron chi connectivity index (χ0n) is 11.4. The van der Waals surface area contributed by atoms with Crippen LogP contribution in [0.25, 0.3) is 0 Å². The van der Waals surface area contributed by atoms with Gasteiger partial charge in [0.15, 0.2) is 0 Å². The lowest BCUT2D eigenvalue weighted by molar-refractivity contribution is 0.102. The summed E-state index contributed by atoms with van der Waals surface area (Å²) in [4.78, 5) is 27.3. The number of hydrogen-bond donors (Lipinski definition) is 2. The van der Waals surface area contributed by atoms with E-state index < -0.39 is 0 Å². The quantitative estimate of drug-likeness (QED) is 0.876. The summed E-state index contributed by atoms with van der Waals surface area (Å²) in [5.74, 6) is -0.378. The van der Waals surface area contributed by atoms with E-state index in [9.17, 15) is 9.59 Å². The molecule has 5 heteroatoms. The Balaban J connectivity index is 1.91. The number of halogens is 1. The Morgan fingerprint density at radius 2 is 1.95 bits per heavy atom.